The molecule has 3 aromatic rings. The quantitative estimate of drug-likeness (QED) is 0.654. The number of carbonyl (C=O) groups is 1. The van der Waals surface area contributed by atoms with Crippen LogP contribution in [0.2, 0.25) is 0 Å². The number of rotatable bonds is 7. The van der Waals surface area contributed by atoms with Gasteiger partial charge in [-0.25, -0.2) is 4.98 Å². The topological polar surface area (TPSA) is 69.0 Å². The van der Waals surface area contributed by atoms with Crippen LogP contribution in [0.1, 0.15) is 53.5 Å². The summed E-state index contributed by atoms with van der Waals surface area (Å²) in [5.74, 6) is -0.174. The second-order valence-corrected chi connectivity index (χ2v) is 7.82. The third-order valence-electron chi connectivity index (χ3n) is 4.08. The number of ether oxygens (including phenoxy) is 1. The molecule has 6 nitrogen and oxygen atoms in total. The standard InChI is InChI=1S/C20H24N4O2S/c1-13(2)26-14(3)18-15(4)27-20(22-18)23-19(25)17-6-5-11-24(17)12-16-7-9-21-10-8-16/h5-11,13-14H,12H2,1-4H3,(H,22,23,25). The minimum absolute atomic E-state index is 0.109. The van der Waals surface area contributed by atoms with Crippen molar-refractivity contribution in [3.05, 3.63) is 64.7 Å². The van der Waals surface area contributed by atoms with E-state index in [-0.39, 0.29) is 18.1 Å². The van der Waals surface area contributed by atoms with Gasteiger partial charge in [-0.1, -0.05) is 0 Å². The number of hydrogen-bond acceptors (Lipinski definition) is 5. The average Bonchev–Trinajstić information content (AvgIpc) is 3.21. The van der Waals surface area contributed by atoms with Gasteiger partial charge in [0, 0.05) is 30.0 Å². The number of anilines is 1. The van der Waals surface area contributed by atoms with E-state index in [9.17, 15) is 4.79 Å². The van der Waals surface area contributed by atoms with Crippen molar-refractivity contribution in [3.63, 3.8) is 0 Å². The van der Waals surface area contributed by atoms with E-state index in [4.69, 9.17) is 4.74 Å². The number of amides is 1. The van der Waals surface area contributed by atoms with Crippen molar-refractivity contribution in [1.29, 1.82) is 0 Å². The lowest BCUT2D eigenvalue weighted by molar-refractivity contribution is 0.0155. The predicted molar refractivity (Wildman–Crippen MR) is 107 cm³/mol. The number of hydrogen-bond donors (Lipinski definition) is 1. The van der Waals surface area contributed by atoms with Gasteiger partial charge in [0.15, 0.2) is 5.13 Å². The predicted octanol–water partition coefficient (Wildman–Crippen LogP) is 4.43. The number of nitrogens with zero attached hydrogens (tertiary/aromatic N) is 3. The molecule has 0 spiro atoms. The second kappa shape index (κ2) is 8.45. The highest BCUT2D eigenvalue weighted by Crippen LogP contribution is 2.29. The summed E-state index contributed by atoms with van der Waals surface area (Å²) in [6, 6.07) is 7.55. The zero-order valence-electron chi connectivity index (χ0n) is 16.0. The number of nitrogens with one attached hydrogen (secondary N) is 1. The monoisotopic (exact) mass is 384 g/mol. The molecule has 0 aliphatic heterocycles. The molecule has 7 heteroatoms. The van der Waals surface area contributed by atoms with Crippen molar-refractivity contribution in [1.82, 2.24) is 14.5 Å². The first kappa shape index (κ1) is 19.3. The Bertz CT molecular complexity index is 902. The Labute approximate surface area is 163 Å². The van der Waals surface area contributed by atoms with Crippen molar-refractivity contribution < 1.29 is 9.53 Å². The summed E-state index contributed by atoms with van der Waals surface area (Å²) >= 11 is 1.46. The van der Waals surface area contributed by atoms with Crippen molar-refractivity contribution in [3.8, 4) is 0 Å². The van der Waals surface area contributed by atoms with Gasteiger partial charge in [-0.05, 0) is 57.5 Å². The zero-order valence-corrected chi connectivity index (χ0v) is 16.8. The van der Waals surface area contributed by atoms with E-state index in [1.807, 2.05) is 62.7 Å². The third kappa shape index (κ3) is 4.81. The molecule has 142 valence electrons. The molecular weight excluding hydrogens is 360 g/mol. The molecule has 0 aliphatic rings. The Hall–Kier alpha value is -2.51. The molecule has 0 aliphatic carbocycles. The van der Waals surface area contributed by atoms with Crippen LogP contribution in [0.4, 0.5) is 5.13 Å². The molecule has 3 heterocycles. The summed E-state index contributed by atoms with van der Waals surface area (Å²) in [5.41, 5.74) is 2.55. The highest BCUT2D eigenvalue weighted by molar-refractivity contribution is 7.15. The van der Waals surface area contributed by atoms with Gasteiger partial charge in [-0.3, -0.25) is 15.1 Å². The summed E-state index contributed by atoms with van der Waals surface area (Å²) in [6.45, 7) is 8.58. The van der Waals surface area contributed by atoms with Crippen LogP contribution in [0.5, 0.6) is 0 Å². The number of pyridine rings is 1. The first-order valence-electron chi connectivity index (χ1n) is 8.92. The highest BCUT2D eigenvalue weighted by atomic mass is 32.1. The second-order valence-electron chi connectivity index (χ2n) is 6.62. The van der Waals surface area contributed by atoms with Gasteiger partial charge in [0.1, 0.15) is 5.69 Å². The number of carbonyl (C=O) groups excluding carboxylic acids is 1. The van der Waals surface area contributed by atoms with Gasteiger partial charge in [-0.15, -0.1) is 11.3 Å². The Morgan fingerprint density at radius 3 is 2.70 bits per heavy atom. The molecular formula is C20H24N4O2S. The van der Waals surface area contributed by atoms with Gasteiger partial charge in [0.2, 0.25) is 0 Å². The van der Waals surface area contributed by atoms with Crippen molar-refractivity contribution in [2.75, 3.05) is 5.32 Å². The smallest absolute Gasteiger partial charge is 0.274 e. The minimum Gasteiger partial charge on any atom is -0.370 e. The number of aromatic nitrogens is 3. The molecule has 0 fully saturated rings. The Kier molecular flexibility index (Phi) is 6.03. The fourth-order valence-electron chi connectivity index (χ4n) is 2.92. The van der Waals surface area contributed by atoms with E-state index >= 15 is 0 Å². The van der Waals surface area contributed by atoms with Crippen LogP contribution in [0.3, 0.4) is 0 Å². The first-order valence-corrected chi connectivity index (χ1v) is 9.74. The van der Waals surface area contributed by atoms with E-state index in [0.717, 1.165) is 16.1 Å². The maximum atomic E-state index is 12.7. The van der Waals surface area contributed by atoms with E-state index in [2.05, 4.69) is 15.3 Å². The van der Waals surface area contributed by atoms with Crippen molar-refractivity contribution in [2.45, 2.75) is 46.4 Å². The lowest BCUT2D eigenvalue weighted by Gasteiger charge is -2.14. The van der Waals surface area contributed by atoms with Crippen LogP contribution in [-0.4, -0.2) is 26.5 Å². The molecule has 0 bridgehead atoms. The SMILES string of the molecule is Cc1sc(NC(=O)c2cccn2Cc2ccncc2)nc1C(C)OC(C)C. The molecule has 3 aromatic heterocycles. The van der Waals surface area contributed by atoms with Gasteiger partial charge < -0.3 is 9.30 Å². The fourth-order valence-corrected chi connectivity index (χ4v) is 3.81. The first-order chi connectivity index (χ1) is 12.9. The summed E-state index contributed by atoms with van der Waals surface area (Å²) in [6.07, 6.45) is 5.41. The van der Waals surface area contributed by atoms with Crippen LogP contribution in [0.25, 0.3) is 0 Å². The van der Waals surface area contributed by atoms with Crippen LogP contribution in [0, 0.1) is 6.92 Å². The van der Waals surface area contributed by atoms with Crippen LogP contribution < -0.4 is 5.32 Å². The van der Waals surface area contributed by atoms with Gasteiger partial charge >= 0.3 is 0 Å². The van der Waals surface area contributed by atoms with E-state index in [1.165, 1.54) is 11.3 Å². The molecule has 0 saturated carbocycles. The largest absolute Gasteiger partial charge is 0.370 e. The Balaban J connectivity index is 1.72. The lowest BCUT2D eigenvalue weighted by atomic mass is 10.2. The number of thiazole rings is 1. The molecule has 1 amide bonds. The zero-order chi connectivity index (χ0) is 19.4. The maximum Gasteiger partial charge on any atom is 0.274 e. The summed E-state index contributed by atoms with van der Waals surface area (Å²) in [5, 5.41) is 3.51. The van der Waals surface area contributed by atoms with Crippen LogP contribution >= 0.6 is 11.3 Å². The average molecular weight is 385 g/mol. The normalized spacial score (nSPS) is 12.3. The van der Waals surface area contributed by atoms with Crippen molar-refractivity contribution >= 4 is 22.4 Å². The molecule has 3 rings (SSSR count). The van der Waals surface area contributed by atoms with Gasteiger partial charge in [-0.2, -0.15) is 0 Å². The van der Waals surface area contributed by atoms with Crippen LogP contribution in [0.15, 0.2) is 42.9 Å². The molecule has 0 aromatic carbocycles. The van der Waals surface area contributed by atoms with Gasteiger partial charge in [0.25, 0.3) is 5.91 Å². The Morgan fingerprint density at radius 1 is 1.26 bits per heavy atom. The molecule has 27 heavy (non-hydrogen) atoms. The molecule has 1 unspecified atom stereocenters. The Morgan fingerprint density at radius 2 is 2.00 bits per heavy atom. The molecule has 0 saturated heterocycles. The molecule has 0 radical (unpaired) electrons. The lowest BCUT2D eigenvalue weighted by Crippen LogP contribution is -2.17. The molecule has 1 atom stereocenters. The summed E-state index contributed by atoms with van der Waals surface area (Å²) < 4.78 is 7.73. The maximum absolute atomic E-state index is 12.7. The van der Waals surface area contributed by atoms with E-state index in [0.29, 0.717) is 17.4 Å². The van der Waals surface area contributed by atoms with E-state index < -0.39 is 0 Å². The van der Waals surface area contributed by atoms with Crippen LogP contribution in [-0.2, 0) is 11.3 Å². The van der Waals surface area contributed by atoms with Gasteiger partial charge in [0.05, 0.1) is 17.9 Å². The highest BCUT2D eigenvalue weighted by Gasteiger charge is 2.19. The van der Waals surface area contributed by atoms with E-state index in [1.54, 1.807) is 12.4 Å². The number of aryl methyl sites for hydroxylation is 1. The summed E-state index contributed by atoms with van der Waals surface area (Å²) in [4.78, 5) is 22.4. The summed E-state index contributed by atoms with van der Waals surface area (Å²) in [7, 11) is 0. The third-order valence-corrected chi connectivity index (χ3v) is 4.98. The fraction of sp³-hybridized carbons (Fsp3) is 0.350. The van der Waals surface area contributed by atoms with Crippen molar-refractivity contribution in [2.24, 2.45) is 0 Å². The minimum atomic E-state index is -0.174. The molecule has 1 N–H and O–H groups in total.